The van der Waals surface area contributed by atoms with Crippen LogP contribution in [0, 0.1) is 0 Å². The van der Waals surface area contributed by atoms with Gasteiger partial charge in [-0.3, -0.25) is 0 Å². The highest BCUT2D eigenvalue weighted by atomic mass is 16.3. The Balaban J connectivity index is 2.07. The van der Waals surface area contributed by atoms with Crippen molar-refractivity contribution < 1.29 is 5.11 Å². The second-order valence-corrected chi connectivity index (χ2v) is 4.62. The lowest BCUT2D eigenvalue weighted by molar-refractivity contribution is 0.466. The lowest BCUT2D eigenvalue weighted by Crippen LogP contribution is -2.14. The van der Waals surface area contributed by atoms with Crippen molar-refractivity contribution in [1.82, 2.24) is 14.8 Å². The minimum Gasteiger partial charge on any atom is -0.508 e. The highest BCUT2D eigenvalue weighted by Crippen LogP contribution is 2.29. The van der Waals surface area contributed by atoms with Crippen LogP contribution in [0.5, 0.6) is 5.75 Å². The van der Waals surface area contributed by atoms with E-state index >= 15 is 0 Å². The Bertz CT molecular complexity index is 530. The van der Waals surface area contributed by atoms with Gasteiger partial charge in [0.05, 0.1) is 0 Å². The summed E-state index contributed by atoms with van der Waals surface area (Å²) in [6.07, 6.45) is 2.37. The molecule has 2 heterocycles. The van der Waals surface area contributed by atoms with Crippen LogP contribution in [0.2, 0.25) is 0 Å². The van der Waals surface area contributed by atoms with E-state index in [-0.39, 0.29) is 5.75 Å². The first-order valence-corrected chi connectivity index (χ1v) is 5.98. The normalized spacial score (nSPS) is 19.0. The van der Waals surface area contributed by atoms with Crippen LogP contribution in [0.15, 0.2) is 24.3 Å². The molecule has 2 aromatic rings. The van der Waals surface area contributed by atoms with Gasteiger partial charge in [0.2, 0.25) is 0 Å². The van der Waals surface area contributed by atoms with Crippen molar-refractivity contribution in [3.63, 3.8) is 0 Å². The molecule has 0 amide bonds. The molecule has 1 aromatic carbocycles. The third-order valence-electron chi connectivity index (χ3n) is 3.36. The summed E-state index contributed by atoms with van der Waals surface area (Å²) in [5.74, 6) is 2.76. The SMILES string of the molecule is CC1CCCn2c(-c3ccc(O)cc3)nnc21. The maximum Gasteiger partial charge on any atom is 0.163 e. The van der Waals surface area contributed by atoms with E-state index in [0.29, 0.717) is 5.92 Å². The molecule has 0 spiro atoms. The zero-order chi connectivity index (χ0) is 11.8. The van der Waals surface area contributed by atoms with Gasteiger partial charge < -0.3 is 9.67 Å². The van der Waals surface area contributed by atoms with Crippen LogP contribution in [-0.2, 0) is 6.54 Å². The summed E-state index contributed by atoms with van der Waals surface area (Å²) in [5, 5.41) is 17.9. The molecule has 0 saturated carbocycles. The Morgan fingerprint density at radius 3 is 2.76 bits per heavy atom. The second kappa shape index (κ2) is 3.87. The van der Waals surface area contributed by atoms with Gasteiger partial charge in [-0.2, -0.15) is 0 Å². The summed E-state index contributed by atoms with van der Waals surface area (Å²) < 4.78 is 2.19. The minimum absolute atomic E-state index is 0.278. The van der Waals surface area contributed by atoms with Gasteiger partial charge in [-0.25, -0.2) is 0 Å². The molecule has 1 aromatic heterocycles. The molecular formula is C13H15N3O. The Hall–Kier alpha value is -1.84. The van der Waals surface area contributed by atoms with Crippen LogP contribution < -0.4 is 0 Å². The van der Waals surface area contributed by atoms with Gasteiger partial charge in [0.1, 0.15) is 11.6 Å². The molecule has 4 nitrogen and oxygen atoms in total. The first kappa shape index (κ1) is 10.3. The van der Waals surface area contributed by atoms with Crippen LogP contribution in [0.1, 0.15) is 31.5 Å². The summed E-state index contributed by atoms with van der Waals surface area (Å²) in [4.78, 5) is 0. The van der Waals surface area contributed by atoms with Crippen molar-refractivity contribution in [2.75, 3.05) is 0 Å². The number of phenols is 1. The molecule has 1 atom stereocenters. The Morgan fingerprint density at radius 2 is 2.00 bits per heavy atom. The van der Waals surface area contributed by atoms with E-state index in [1.807, 2.05) is 12.1 Å². The van der Waals surface area contributed by atoms with Crippen LogP contribution in [0.3, 0.4) is 0 Å². The molecule has 1 aliphatic heterocycles. The molecule has 1 N–H and O–H groups in total. The summed E-state index contributed by atoms with van der Waals surface area (Å²) in [6, 6.07) is 7.13. The van der Waals surface area contributed by atoms with Crippen molar-refractivity contribution in [2.24, 2.45) is 0 Å². The van der Waals surface area contributed by atoms with Crippen molar-refractivity contribution in [2.45, 2.75) is 32.2 Å². The van der Waals surface area contributed by atoms with Crippen LogP contribution in [0.25, 0.3) is 11.4 Å². The summed E-state index contributed by atoms with van der Waals surface area (Å²) >= 11 is 0. The van der Waals surface area contributed by atoms with Crippen LogP contribution >= 0.6 is 0 Å². The molecule has 4 heteroatoms. The van der Waals surface area contributed by atoms with E-state index in [1.165, 1.54) is 12.8 Å². The number of nitrogens with zero attached hydrogens (tertiary/aromatic N) is 3. The van der Waals surface area contributed by atoms with Gasteiger partial charge in [0.15, 0.2) is 5.82 Å². The molecule has 0 saturated heterocycles. The lowest BCUT2D eigenvalue weighted by Gasteiger charge is -2.20. The molecule has 3 rings (SSSR count). The molecule has 0 bridgehead atoms. The Labute approximate surface area is 99.9 Å². The standard InChI is InChI=1S/C13H15N3O/c1-9-3-2-8-16-12(9)14-15-13(16)10-4-6-11(17)7-5-10/h4-7,9,17H,2-3,8H2,1H3. The fourth-order valence-electron chi connectivity index (χ4n) is 2.41. The van der Waals surface area contributed by atoms with Gasteiger partial charge in [-0.15, -0.1) is 10.2 Å². The average molecular weight is 229 g/mol. The van der Waals surface area contributed by atoms with Crippen molar-refractivity contribution >= 4 is 0 Å². The van der Waals surface area contributed by atoms with Crippen LogP contribution in [0.4, 0.5) is 0 Å². The molecule has 0 radical (unpaired) electrons. The second-order valence-electron chi connectivity index (χ2n) is 4.62. The molecule has 0 fully saturated rings. The van der Waals surface area contributed by atoms with Crippen LogP contribution in [-0.4, -0.2) is 19.9 Å². The zero-order valence-corrected chi connectivity index (χ0v) is 9.80. The summed E-state index contributed by atoms with van der Waals surface area (Å²) in [6.45, 7) is 3.18. The maximum absolute atomic E-state index is 9.29. The first-order chi connectivity index (χ1) is 8.25. The van der Waals surface area contributed by atoms with E-state index in [0.717, 1.165) is 23.8 Å². The molecule has 1 aliphatic rings. The quantitative estimate of drug-likeness (QED) is 0.817. The van der Waals surface area contributed by atoms with E-state index in [4.69, 9.17) is 0 Å². The molecule has 0 aliphatic carbocycles. The molecule has 88 valence electrons. The lowest BCUT2D eigenvalue weighted by atomic mass is 10.0. The largest absolute Gasteiger partial charge is 0.508 e. The number of phenolic OH excluding ortho intramolecular Hbond substituents is 1. The topological polar surface area (TPSA) is 50.9 Å². The number of hydrogen-bond donors (Lipinski definition) is 1. The molecule has 17 heavy (non-hydrogen) atoms. The highest BCUT2D eigenvalue weighted by molar-refractivity contribution is 5.56. The maximum atomic E-state index is 9.29. The van der Waals surface area contributed by atoms with Gasteiger partial charge >= 0.3 is 0 Å². The Kier molecular flexibility index (Phi) is 2.35. The zero-order valence-electron chi connectivity index (χ0n) is 9.80. The fourth-order valence-corrected chi connectivity index (χ4v) is 2.41. The van der Waals surface area contributed by atoms with E-state index < -0.39 is 0 Å². The molecular weight excluding hydrogens is 214 g/mol. The predicted octanol–water partition coefficient (Wildman–Crippen LogP) is 2.55. The number of hydrogen-bond acceptors (Lipinski definition) is 3. The number of benzene rings is 1. The van der Waals surface area contributed by atoms with Gasteiger partial charge in [0.25, 0.3) is 0 Å². The fraction of sp³-hybridized carbons (Fsp3) is 0.385. The van der Waals surface area contributed by atoms with Gasteiger partial charge in [-0.05, 0) is 37.1 Å². The van der Waals surface area contributed by atoms with E-state index in [2.05, 4.69) is 21.7 Å². The monoisotopic (exact) mass is 229 g/mol. The smallest absolute Gasteiger partial charge is 0.163 e. The number of aromatic hydroxyl groups is 1. The highest BCUT2D eigenvalue weighted by Gasteiger charge is 2.22. The molecule has 1 unspecified atom stereocenters. The van der Waals surface area contributed by atoms with Gasteiger partial charge in [-0.1, -0.05) is 6.92 Å². The number of aromatic nitrogens is 3. The number of rotatable bonds is 1. The third-order valence-corrected chi connectivity index (χ3v) is 3.36. The van der Waals surface area contributed by atoms with Crippen molar-refractivity contribution in [3.8, 4) is 17.1 Å². The van der Waals surface area contributed by atoms with Gasteiger partial charge in [0, 0.05) is 18.0 Å². The number of fused-ring (bicyclic) bond motifs is 1. The minimum atomic E-state index is 0.278. The summed E-state index contributed by atoms with van der Waals surface area (Å²) in [7, 11) is 0. The van der Waals surface area contributed by atoms with E-state index in [9.17, 15) is 5.11 Å². The van der Waals surface area contributed by atoms with Crippen molar-refractivity contribution in [3.05, 3.63) is 30.1 Å². The summed E-state index contributed by atoms with van der Waals surface area (Å²) in [5.41, 5.74) is 1.01. The Morgan fingerprint density at radius 1 is 1.24 bits per heavy atom. The predicted molar refractivity (Wildman–Crippen MR) is 64.8 cm³/mol. The van der Waals surface area contributed by atoms with E-state index in [1.54, 1.807) is 12.1 Å². The first-order valence-electron chi connectivity index (χ1n) is 5.98. The average Bonchev–Trinajstić information content (AvgIpc) is 2.75. The van der Waals surface area contributed by atoms with Crippen molar-refractivity contribution in [1.29, 1.82) is 0 Å². The third kappa shape index (κ3) is 1.69.